The Hall–Kier alpha value is -3.85. The average molecular weight is 531 g/mol. The first-order valence-corrected chi connectivity index (χ1v) is 13.8. The van der Waals surface area contributed by atoms with Crippen molar-refractivity contribution >= 4 is 34.8 Å². The first kappa shape index (κ1) is 25.8. The molecule has 2 fully saturated rings. The van der Waals surface area contributed by atoms with Gasteiger partial charge in [0.2, 0.25) is 5.91 Å². The molecule has 2 aliphatic heterocycles. The van der Waals surface area contributed by atoms with Crippen LogP contribution in [-0.4, -0.2) is 70.0 Å². The number of rotatable bonds is 8. The molecule has 0 spiro atoms. The highest BCUT2D eigenvalue weighted by Gasteiger charge is 2.51. The summed E-state index contributed by atoms with van der Waals surface area (Å²) >= 11 is 1.66. The minimum Gasteiger partial charge on any atom is -0.352 e. The van der Waals surface area contributed by atoms with Crippen LogP contribution in [0.4, 0.5) is 0 Å². The zero-order valence-corrected chi connectivity index (χ0v) is 22.0. The number of ketones is 1. The number of aromatic nitrogens is 1. The maximum Gasteiger partial charge on any atom is 0.273 e. The highest BCUT2D eigenvalue weighted by atomic mass is 32.1. The number of hydrogen-bond acceptors (Lipinski definition) is 6. The van der Waals surface area contributed by atoms with E-state index >= 15 is 0 Å². The Morgan fingerprint density at radius 3 is 2.61 bits per heavy atom. The van der Waals surface area contributed by atoms with Crippen LogP contribution in [0.3, 0.4) is 0 Å². The lowest BCUT2D eigenvalue weighted by molar-refractivity contribution is -0.137. The molecule has 0 radical (unpaired) electrons. The Labute approximate surface area is 225 Å². The molecule has 5 rings (SSSR count). The van der Waals surface area contributed by atoms with Crippen molar-refractivity contribution < 1.29 is 19.2 Å². The van der Waals surface area contributed by atoms with Gasteiger partial charge < -0.3 is 15.1 Å². The quantitative estimate of drug-likeness (QED) is 0.479. The van der Waals surface area contributed by atoms with Gasteiger partial charge in [0.1, 0.15) is 11.7 Å². The van der Waals surface area contributed by atoms with E-state index in [0.717, 1.165) is 10.4 Å². The molecule has 3 unspecified atom stereocenters. The number of pyridine rings is 1. The van der Waals surface area contributed by atoms with Crippen LogP contribution < -0.4 is 5.32 Å². The van der Waals surface area contributed by atoms with Gasteiger partial charge in [-0.3, -0.25) is 24.2 Å². The third kappa shape index (κ3) is 5.38. The number of carbonyl (C=O) groups excluding carboxylic acids is 4. The van der Waals surface area contributed by atoms with E-state index in [4.69, 9.17) is 0 Å². The highest BCUT2D eigenvalue weighted by molar-refractivity contribution is 7.13. The van der Waals surface area contributed by atoms with Gasteiger partial charge in [-0.1, -0.05) is 31.2 Å². The Bertz CT molecular complexity index is 1310. The van der Waals surface area contributed by atoms with Gasteiger partial charge in [0.25, 0.3) is 11.8 Å². The summed E-state index contributed by atoms with van der Waals surface area (Å²) in [4.78, 5) is 59.9. The smallest absolute Gasteiger partial charge is 0.273 e. The highest BCUT2D eigenvalue weighted by Crippen LogP contribution is 2.31. The summed E-state index contributed by atoms with van der Waals surface area (Å²) in [6.07, 6.45) is 3.07. The normalized spacial score (nSPS) is 19.3. The monoisotopic (exact) mass is 530 g/mol. The summed E-state index contributed by atoms with van der Waals surface area (Å²) in [6, 6.07) is 15.8. The zero-order chi connectivity index (χ0) is 26.6. The number of nitrogens with one attached hydrogen (secondary N) is 1. The molecular formula is C29H30N4O4S. The molecule has 8 nitrogen and oxygen atoms in total. The van der Waals surface area contributed by atoms with Crippen LogP contribution in [0.2, 0.25) is 0 Å². The minimum absolute atomic E-state index is 0.00438. The topological polar surface area (TPSA) is 99.7 Å². The summed E-state index contributed by atoms with van der Waals surface area (Å²) in [5, 5.41) is 4.96. The molecule has 1 N–H and O–H groups in total. The molecule has 3 atom stereocenters. The van der Waals surface area contributed by atoms with Gasteiger partial charge in [-0.2, -0.15) is 0 Å². The number of amides is 3. The second-order valence-corrected chi connectivity index (χ2v) is 10.9. The van der Waals surface area contributed by atoms with Crippen molar-refractivity contribution in [1.29, 1.82) is 0 Å². The maximum absolute atomic E-state index is 13.1. The van der Waals surface area contributed by atoms with Gasteiger partial charge in [-0.15, -0.1) is 11.3 Å². The fourth-order valence-electron chi connectivity index (χ4n) is 5.29. The number of benzene rings is 1. The Morgan fingerprint density at radius 2 is 1.89 bits per heavy atom. The molecule has 4 heterocycles. The molecule has 0 saturated carbocycles. The van der Waals surface area contributed by atoms with Crippen LogP contribution in [0.25, 0.3) is 10.4 Å². The van der Waals surface area contributed by atoms with Crippen LogP contribution in [-0.2, 0) is 9.59 Å². The van der Waals surface area contributed by atoms with Crippen molar-refractivity contribution in [2.75, 3.05) is 19.6 Å². The number of thiophene rings is 1. The number of likely N-dealkylation sites (tertiary alicyclic amines) is 2. The molecule has 3 aromatic rings. The molecule has 1 aromatic carbocycles. The summed E-state index contributed by atoms with van der Waals surface area (Å²) in [5.41, 5.74) is 1.99. The SMILES string of the molecule is CC(CCNC(=O)c1ccc(-c2cccs2)cc1)CC(=O)N1CCC2C1C(=O)CN2C(=O)c1ccccn1. The fraction of sp³-hybridized carbons (Fsp3) is 0.345. The van der Waals surface area contributed by atoms with Gasteiger partial charge in [0.15, 0.2) is 5.78 Å². The maximum atomic E-state index is 13.1. The predicted molar refractivity (Wildman–Crippen MR) is 145 cm³/mol. The van der Waals surface area contributed by atoms with E-state index in [9.17, 15) is 19.2 Å². The third-order valence-corrected chi connectivity index (χ3v) is 8.21. The van der Waals surface area contributed by atoms with E-state index in [0.29, 0.717) is 37.2 Å². The first-order chi connectivity index (χ1) is 18.4. The van der Waals surface area contributed by atoms with Gasteiger partial charge >= 0.3 is 0 Å². The molecule has 0 aliphatic carbocycles. The lowest BCUT2D eigenvalue weighted by Crippen LogP contribution is -2.44. The molecule has 2 aromatic heterocycles. The molecule has 0 bridgehead atoms. The van der Waals surface area contributed by atoms with Crippen molar-refractivity contribution in [1.82, 2.24) is 20.1 Å². The van der Waals surface area contributed by atoms with Crippen molar-refractivity contribution in [3.8, 4) is 10.4 Å². The molecule has 9 heteroatoms. The Kier molecular flexibility index (Phi) is 7.64. The van der Waals surface area contributed by atoms with E-state index in [1.165, 1.54) is 0 Å². The van der Waals surface area contributed by atoms with Crippen LogP contribution in [0.1, 0.15) is 47.0 Å². The first-order valence-electron chi connectivity index (χ1n) is 12.9. The number of hydrogen-bond donors (Lipinski definition) is 1. The summed E-state index contributed by atoms with van der Waals surface area (Å²) in [6.45, 7) is 2.89. The van der Waals surface area contributed by atoms with Crippen molar-refractivity contribution in [2.24, 2.45) is 5.92 Å². The van der Waals surface area contributed by atoms with Crippen LogP contribution in [0.15, 0.2) is 66.2 Å². The Balaban J connectivity index is 1.10. The number of fused-ring (bicyclic) bond motifs is 1. The number of carbonyl (C=O) groups is 4. The van der Waals surface area contributed by atoms with Crippen LogP contribution in [0.5, 0.6) is 0 Å². The lowest BCUT2D eigenvalue weighted by Gasteiger charge is -2.25. The van der Waals surface area contributed by atoms with E-state index in [1.807, 2.05) is 48.7 Å². The molecule has 3 amide bonds. The average Bonchev–Trinajstić information content (AvgIpc) is 3.68. The second kappa shape index (κ2) is 11.3. The minimum atomic E-state index is -0.584. The molecule has 38 heavy (non-hydrogen) atoms. The van der Waals surface area contributed by atoms with Gasteiger partial charge in [-0.05, 0) is 60.0 Å². The van der Waals surface area contributed by atoms with Crippen molar-refractivity contribution in [2.45, 2.75) is 38.3 Å². The predicted octanol–water partition coefficient (Wildman–Crippen LogP) is 3.65. The number of Topliss-reactive ketones (excluding diaryl/α,β-unsaturated/α-hetero) is 1. The van der Waals surface area contributed by atoms with E-state index in [2.05, 4.69) is 10.3 Å². The molecule has 2 saturated heterocycles. The van der Waals surface area contributed by atoms with Crippen LogP contribution >= 0.6 is 11.3 Å². The fourth-order valence-corrected chi connectivity index (χ4v) is 6.02. The lowest BCUT2D eigenvalue weighted by atomic mass is 10.0. The van der Waals surface area contributed by atoms with E-state index in [1.54, 1.807) is 45.5 Å². The van der Waals surface area contributed by atoms with Crippen LogP contribution in [0, 0.1) is 5.92 Å². The van der Waals surface area contributed by atoms with Gasteiger partial charge in [0, 0.05) is 36.1 Å². The summed E-state index contributed by atoms with van der Waals surface area (Å²) < 4.78 is 0. The Morgan fingerprint density at radius 1 is 1.08 bits per heavy atom. The second-order valence-electron chi connectivity index (χ2n) is 9.91. The van der Waals surface area contributed by atoms with Crippen molar-refractivity contribution in [3.63, 3.8) is 0 Å². The largest absolute Gasteiger partial charge is 0.352 e. The third-order valence-electron chi connectivity index (χ3n) is 7.29. The number of nitrogens with zero attached hydrogens (tertiary/aromatic N) is 3. The summed E-state index contributed by atoms with van der Waals surface area (Å²) in [5.74, 6) is -0.564. The van der Waals surface area contributed by atoms with Crippen molar-refractivity contribution in [3.05, 3.63) is 77.4 Å². The molecule has 196 valence electrons. The standard InChI is InChI=1S/C29H30N4O4S/c1-19(11-14-31-28(36)21-9-7-20(8-10-21)25-6-4-16-38-25)17-26(35)32-15-12-23-27(32)24(34)18-33(23)29(37)22-5-2-3-13-30-22/h2-10,13,16,19,23,27H,11-12,14-15,17-18H2,1H3,(H,31,36). The summed E-state index contributed by atoms with van der Waals surface area (Å²) in [7, 11) is 0. The van der Waals surface area contributed by atoms with E-state index in [-0.39, 0.29) is 48.4 Å². The van der Waals surface area contributed by atoms with Gasteiger partial charge in [0.05, 0.1) is 12.6 Å². The molecular weight excluding hydrogens is 500 g/mol. The molecule has 2 aliphatic rings. The van der Waals surface area contributed by atoms with Gasteiger partial charge in [-0.25, -0.2) is 0 Å². The van der Waals surface area contributed by atoms with E-state index < -0.39 is 6.04 Å². The zero-order valence-electron chi connectivity index (χ0n) is 21.2.